The predicted octanol–water partition coefficient (Wildman–Crippen LogP) is 2.15. The number of rotatable bonds is 7. The Kier molecular flexibility index (Phi) is 4.74. The number of aliphatic hydroxyl groups is 1. The number of halogens is 2. The lowest BCUT2D eigenvalue weighted by atomic mass is 9.46. The topological polar surface area (TPSA) is 108 Å². The van der Waals surface area contributed by atoms with Gasteiger partial charge in [-0.2, -0.15) is 0 Å². The van der Waals surface area contributed by atoms with Crippen molar-refractivity contribution in [1.29, 1.82) is 0 Å². The maximum atomic E-state index is 13.3. The van der Waals surface area contributed by atoms with Gasteiger partial charge >= 0.3 is 17.9 Å². The van der Waals surface area contributed by atoms with E-state index in [4.69, 9.17) is 18.9 Å². The molecule has 0 amide bonds. The van der Waals surface area contributed by atoms with Crippen LogP contribution in [0, 0.1) is 29.1 Å². The molecule has 1 N–H and O–H groups in total. The lowest BCUT2D eigenvalue weighted by Crippen LogP contribution is -2.66. The second-order valence-electron chi connectivity index (χ2n) is 12.0. The van der Waals surface area contributed by atoms with Gasteiger partial charge in [0, 0.05) is 25.2 Å². The molecule has 0 radical (unpaired) electrons. The SMILES string of the molecule is CC(F)(F)COC(=O)C12CC3CC(O)(CC(OCC(=O)OC4C5CC6C(=O)OC4C6C5)(C3)C1)C2. The second kappa shape index (κ2) is 7.12. The van der Waals surface area contributed by atoms with E-state index in [1.807, 2.05) is 0 Å². The van der Waals surface area contributed by atoms with Crippen LogP contribution in [0.4, 0.5) is 8.78 Å². The Morgan fingerprint density at radius 1 is 1.18 bits per heavy atom. The van der Waals surface area contributed by atoms with Crippen molar-refractivity contribution in [3.8, 4) is 0 Å². The summed E-state index contributed by atoms with van der Waals surface area (Å²) in [5.74, 6) is -4.49. The van der Waals surface area contributed by atoms with E-state index in [0.717, 1.165) is 6.42 Å². The van der Waals surface area contributed by atoms with Crippen molar-refractivity contribution in [2.75, 3.05) is 13.2 Å². The molecule has 1 heterocycles. The van der Waals surface area contributed by atoms with Crippen molar-refractivity contribution in [2.45, 2.75) is 87.6 Å². The Balaban J connectivity index is 1.12. The van der Waals surface area contributed by atoms with Gasteiger partial charge < -0.3 is 24.1 Å². The van der Waals surface area contributed by atoms with Gasteiger partial charge in [-0.25, -0.2) is 13.6 Å². The highest BCUT2D eigenvalue weighted by Crippen LogP contribution is 2.64. The van der Waals surface area contributed by atoms with E-state index in [0.29, 0.717) is 32.6 Å². The number of carbonyl (C=O) groups excluding carboxylic acids is 3. The summed E-state index contributed by atoms with van der Waals surface area (Å²) in [4.78, 5) is 37.6. The lowest BCUT2D eigenvalue weighted by molar-refractivity contribution is -0.254. The molecule has 6 bridgehead atoms. The molecule has 10 heteroatoms. The van der Waals surface area contributed by atoms with Gasteiger partial charge in [0.25, 0.3) is 5.92 Å². The monoisotopic (exact) mass is 484 g/mol. The molecule has 0 aromatic rings. The molecular weight excluding hydrogens is 454 g/mol. The number of fused-ring (bicyclic) bond motifs is 1. The maximum absolute atomic E-state index is 13.3. The molecule has 0 aromatic heterocycles. The fourth-order valence-corrected chi connectivity index (χ4v) is 8.50. The summed E-state index contributed by atoms with van der Waals surface area (Å²) < 4.78 is 48.7. The van der Waals surface area contributed by atoms with E-state index in [-0.39, 0.29) is 61.6 Å². The van der Waals surface area contributed by atoms with E-state index < -0.39 is 47.2 Å². The number of ether oxygens (including phenoxy) is 4. The van der Waals surface area contributed by atoms with Crippen molar-refractivity contribution < 1.29 is 47.2 Å². The van der Waals surface area contributed by atoms with Crippen LogP contribution >= 0.6 is 0 Å². The zero-order chi connectivity index (χ0) is 24.1. The van der Waals surface area contributed by atoms with E-state index >= 15 is 0 Å². The highest BCUT2D eigenvalue weighted by molar-refractivity contribution is 5.78. The van der Waals surface area contributed by atoms with E-state index in [1.165, 1.54) is 0 Å². The molecule has 188 valence electrons. The van der Waals surface area contributed by atoms with Crippen molar-refractivity contribution >= 4 is 17.9 Å². The fourth-order valence-electron chi connectivity index (χ4n) is 8.50. The standard InChI is InChI=1S/C24H30F2O8/c1-21(25,26)11-31-20(29)22-4-12-5-23(30,8-22)10-24(6-12,9-22)32-7-16(27)33-17-13-2-14-15(3-13)19(28)34-18(14)17/h12-15,17-18,30H,2-11H2,1H3. The van der Waals surface area contributed by atoms with Gasteiger partial charge in [-0.15, -0.1) is 0 Å². The minimum absolute atomic E-state index is 0.0210. The van der Waals surface area contributed by atoms with Crippen molar-refractivity contribution in [1.82, 2.24) is 0 Å². The number of hydrogen-bond acceptors (Lipinski definition) is 8. The number of hydrogen-bond donors (Lipinski definition) is 1. The minimum atomic E-state index is -3.14. The first-order valence-electron chi connectivity index (χ1n) is 12.2. The van der Waals surface area contributed by atoms with Gasteiger partial charge in [-0.1, -0.05) is 0 Å². The fraction of sp³-hybridized carbons (Fsp3) is 0.875. The molecule has 7 fully saturated rings. The average molecular weight is 484 g/mol. The Bertz CT molecular complexity index is 934. The summed E-state index contributed by atoms with van der Waals surface area (Å²) in [6.07, 6.45) is 2.86. The molecule has 0 aromatic carbocycles. The first kappa shape index (κ1) is 22.6. The van der Waals surface area contributed by atoms with Crippen molar-refractivity contribution in [3.05, 3.63) is 0 Å². The molecule has 0 spiro atoms. The lowest BCUT2D eigenvalue weighted by Gasteiger charge is -2.63. The van der Waals surface area contributed by atoms with Crippen molar-refractivity contribution in [2.24, 2.45) is 29.1 Å². The number of alkyl halides is 2. The predicted molar refractivity (Wildman–Crippen MR) is 108 cm³/mol. The molecular formula is C24H30F2O8. The van der Waals surface area contributed by atoms with Crippen LogP contribution in [0.15, 0.2) is 0 Å². The van der Waals surface area contributed by atoms with Crippen LogP contribution in [0.3, 0.4) is 0 Å². The van der Waals surface area contributed by atoms with Gasteiger partial charge in [0.05, 0.1) is 22.5 Å². The zero-order valence-corrected chi connectivity index (χ0v) is 19.1. The third kappa shape index (κ3) is 3.54. The van der Waals surface area contributed by atoms with Crippen LogP contribution in [-0.4, -0.2) is 65.6 Å². The largest absolute Gasteiger partial charge is 0.459 e. The Morgan fingerprint density at radius 3 is 2.71 bits per heavy atom. The highest BCUT2D eigenvalue weighted by atomic mass is 19.3. The number of esters is 3. The molecule has 6 aliphatic carbocycles. The Morgan fingerprint density at radius 2 is 1.97 bits per heavy atom. The van der Waals surface area contributed by atoms with Gasteiger partial charge in [0.1, 0.15) is 18.8 Å². The van der Waals surface area contributed by atoms with E-state index in [9.17, 15) is 28.3 Å². The summed E-state index contributed by atoms with van der Waals surface area (Å²) in [6, 6.07) is 0. The van der Waals surface area contributed by atoms with E-state index in [2.05, 4.69) is 0 Å². The van der Waals surface area contributed by atoms with Crippen LogP contribution in [-0.2, 0) is 33.3 Å². The first-order chi connectivity index (χ1) is 15.9. The maximum Gasteiger partial charge on any atom is 0.332 e. The molecule has 1 aliphatic heterocycles. The van der Waals surface area contributed by atoms with E-state index in [1.54, 1.807) is 0 Å². The molecule has 6 saturated carbocycles. The molecule has 7 rings (SSSR count). The van der Waals surface area contributed by atoms with Crippen molar-refractivity contribution in [3.63, 3.8) is 0 Å². The molecule has 9 atom stereocenters. The summed E-state index contributed by atoms with van der Waals surface area (Å²) >= 11 is 0. The third-order valence-electron chi connectivity index (χ3n) is 9.06. The molecule has 9 unspecified atom stereocenters. The van der Waals surface area contributed by atoms with Crippen LogP contribution in [0.25, 0.3) is 0 Å². The van der Waals surface area contributed by atoms with Crippen LogP contribution in [0.2, 0.25) is 0 Å². The molecule has 34 heavy (non-hydrogen) atoms. The van der Waals surface area contributed by atoms with Crippen LogP contribution in [0.1, 0.15) is 58.3 Å². The average Bonchev–Trinajstić information content (AvgIpc) is 3.33. The first-order valence-corrected chi connectivity index (χ1v) is 12.2. The molecule has 7 aliphatic rings. The van der Waals surface area contributed by atoms with Gasteiger partial charge in [-0.05, 0) is 50.9 Å². The number of carbonyl (C=O) groups is 3. The quantitative estimate of drug-likeness (QED) is 0.433. The Hall–Kier alpha value is -1.81. The third-order valence-corrected chi connectivity index (χ3v) is 9.06. The van der Waals surface area contributed by atoms with Crippen LogP contribution < -0.4 is 0 Å². The normalized spacial score (nSPS) is 47.7. The molecule has 8 nitrogen and oxygen atoms in total. The highest BCUT2D eigenvalue weighted by Gasteiger charge is 2.67. The summed E-state index contributed by atoms with van der Waals surface area (Å²) in [7, 11) is 0. The summed E-state index contributed by atoms with van der Waals surface area (Å²) in [6.45, 7) is -0.668. The Labute approximate surface area is 195 Å². The second-order valence-corrected chi connectivity index (χ2v) is 12.0. The summed E-state index contributed by atoms with van der Waals surface area (Å²) in [5, 5.41) is 11.2. The zero-order valence-electron chi connectivity index (χ0n) is 19.1. The summed E-state index contributed by atoms with van der Waals surface area (Å²) in [5.41, 5.74) is -3.17. The van der Waals surface area contributed by atoms with Crippen LogP contribution in [0.5, 0.6) is 0 Å². The van der Waals surface area contributed by atoms with Gasteiger partial charge in [0.2, 0.25) is 0 Å². The molecule has 1 saturated heterocycles. The van der Waals surface area contributed by atoms with Gasteiger partial charge in [0.15, 0.2) is 6.61 Å². The smallest absolute Gasteiger partial charge is 0.332 e. The van der Waals surface area contributed by atoms with Gasteiger partial charge in [-0.3, -0.25) is 9.59 Å². The minimum Gasteiger partial charge on any atom is -0.459 e.